The fourth-order valence-electron chi connectivity index (χ4n) is 5.80. The number of carbonyl (C=O) groups excluding carboxylic acids is 5. The quantitative estimate of drug-likeness (QED) is 0.0398. The number of unbranched alkanes of at least 4 members (excludes halogenated alkanes) is 13. The predicted molar refractivity (Wildman–Crippen MR) is 212 cm³/mol. The highest BCUT2D eigenvalue weighted by Gasteiger charge is 2.24. The Balaban J connectivity index is 4.00. The highest BCUT2D eigenvalue weighted by Crippen LogP contribution is 2.14. The third-order valence-electron chi connectivity index (χ3n) is 9.12. The average molecular weight is 846 g/mol. The standard InChI is InChI=1S/C39H67N5O15/c40-31(45)20-17-28(37(52)53)43-34(48)22-19-30(39(56)57)44-35(49)27-59-26-25-58-24-23-41-32(46)21-18-29(38(54)55)42-33(47)15-13-11-9-7-5-3-1-2-4-6-8-10-12-14-16-36(50)51/h28-30H,1-27H2,(H2,40,45)(H,41,46)(H,42,47)(H,43,48)(H,44,49)(H,50,51)(H,52,53)(H,54,55)(H,56,57)/t28-,29-,30-/m0/s1. The van der Waals surface area contributed by atoms with Gasteiger partial charge in [0.1, 0.15) is 24.7 Å². The van der Waals surface area contributed by atoms with E-state index in [-0.39, 0.29) is 77.2 Å². The van der Waals surface area contributed by atoms with E-state index < -0.39 is 78.7 Å². The van der Waals surface area contributed by atoms with Crippen LogP contribution >= 0.6 is 0 Å². The molecule has 0 aromatic carbocycles. The second-order valence-electron chi connectivity index (χ2n) is 14.3. The van der Waals surface area contributed by atoms with Crippen LogP contribution in [0.4, 0.5) is 0 Å². The molecule has 0 spiro atoms. The molecule has 0 bridgehead atoms. The second kappa shape index (κ2) is 35.1. The lowest BCUT2D eigenvalue weighted by Gasteiger charge is -2.16. The lowest BCUT2D eigenvalue weighted by Crippen LogP contribution is -2.45. The minimum Gasteiger partial charge on any atom is -0.481 e. The first-order valence-electron chi connectivity index (χ1n) is 20.6. The first-order valence-corrected chi connectivity index (χ1v) is 20.6. The molecule has 10 N–H and O–H groups in total. The number of carbonyl (C=O) groups is 9. The number of hydrogen-bond donors (Lipinski definition) is 9. The van der Waals surface area contributed by atoms with Crippen molar-refractivity contribution in [1.82, 2.24) is 21.3 Å². The molecule has 0 heterocycles. The zero-order valence-electron chi connectivity index (χ0n) is 34.2. The van der Waals surface area contributed by atoms with Crippen LogP contribution in [0.25, 0.3) is 0 Å². The summed E-state index contributed by atoms with van der Waals surface area (Å²) in [5.41, 5.74) is 4.99. The van der Waals surface area contributed by atoms with E-state index in [0.29, 0.717) is 6.42 Å². The van der Waals surface area contributed by atoms with E-state index in [4.69, 9.17) is 25.4 Å². The molecule has 20 nitrogen and oxygen atoms in total. The minimum absolute atomic E-state index is 0.0289. The summed E-state index contributed by atoms with van der Waals surface area (Å²) in [5.74, 6) is -7.90. The summed E-state index contributed by atoms with van der Waals surface area (Å²) in [4.78, 5) is 105. The van der Waals surface area contributed by atoms with Crippen LogP contribution in [-0.2, 0) is 52.6 Å². The lowest BCUT2D eigenvalue weighted by molar-refractivity contribution is -0.144. The monoisotopic (exact) mass is 845 g/mol. The molecule has 0 aliphatic carbocycles. The molecule has 0 aliphatic heterocycles. The molecule has 0 unspecified atom stereocenters. The third-order valence-corrected chi connectivity index (χ3v) is 9.12. The van der Waals surface area contributed by atoms with Gasteiger partial charge in [-0.3, -0.25) is 28.8 Å². The number of carboxylic acids is 4. The summed E-state index contributed by atoms with van der Waals surface area (Å²) >= 11 is 0. The number of hydrogen-bond acceptors (Lipinski definition) is 11. The maximum Gasteiger partial charge on any atom is 0.326 e. The normalized spacial score (nSPS) is 12.4. The Bertz CT molecular complexity index is 1300. The molecule has 0 aliphatic rings. The van der Waals surface area contributed by atoms with Gasteiger partial charge < -0.3 is 56.9 Å². The summed E-state index contributed by atoms with van der Waals surface area (Å²) in [6.45, 7) is -0.355. The van der Waals surface area contributed by atoms with Gasteiger partial charge in [-0.1, -0.05) is 77.0 Å². The number of amides is 5. The molecule has 0 aromatic heterocycles. The Morgan fingerprint density at radius 2 is 0.797 bits per heavy atom. The van der Waals surface area contributed by atoms with Gasteiger partial charge >= 0.3 is 23.9 Å². The van der Waals surface area contributed by atoms with Gasteiger partial charge in [-0.25, -0.2) is 14.4 Å². The fraction of sp³-hybridized carbons (Fsp3) is 0.769. The SMILES string of the molecule is NC(=O)CC[C@H](NC(=O)CC[C@H](NC(=O)COCCOCCNC(=O)CC[C@H](NC(=O)CCCCCCCCCCCCCCCCC(=O)O)C(=O)O)C(=O)O)C(=O)O. The van der Waals surface area contributed by atoms with Crippen molar-refractivity contribution in [2.45, 2.75) is 159 Å². The topological polar surface area (TPSA) is 327 Å². The van der Waals surface area contributed by atoms with Crippen molar-refractivity contribution < 1.29 is 73.1 Å². The Labute approximate surface area is 345 Å². The van der Waals surface area contributed by atoms with Crippen molar-refractivity contribution in [2.24, 2.45) is 5.73 Å². The molecular formula is C39H67N5O15. The van der Waals surface area contributed by atoms with E-state index in [0.717, 1.165) is 51.4 Å². The van der Waals surface area contributed by atoms with Gasteiger partial charge in [-0.15, -0.1) is 0 Å². The molecule has 0 radical (unpaired) electrons. The van der Waals surface area contributed by atoms with Crippen LogP contribution in [0.1, 0.15) is 141 Å². The van der Waals surface area contributed by atoms with Crippen LogP contribution in [-0.4, -0.2) is 125 Å². The first kappa shape index (κ1) is 54.2. The zero-order chi connectivity index (χ0) is 44.3. The molecular weight excluding hydrogens is 778 g/mol. The zero-order valence-corrected chi connectivity index (χ0v) is 34.2. The molecule has 0 fully saturated rings. The summed E-state index contributed by atoms with van der Waals surface area (Å²) in [6.07, 6.45) is 13.7. The van der Waals surface area contributed by atoms with Gasteiger partial charge in [0.15, 0.2) is 0 Å². The lowest BCUT2D eigenvalue weighted by atomic mass is 10.0. The Morgan fingerprint density at radius 1 is 0.424 bits per heavy atom. The summed E-state index contributed by atoms with van der Waals surface area (Å²) in [5, 5.41) is 46.1. The smallest absolute Gasteiger partial charge is 0.326 e. The highest BCUT2D eigenvalue weighted by molar-refractivity contribution is 5.87. The van der Waals surface area contributed by atoms with Crippen molar-refractivity contribution >= 4 is 53.4 Å². The molecule has 0 aromatic rings. The van der Waals surface area contributed by atoms with Gasteiger partial charge in [-0.2, -0.15) is 0 Å². The van der Waals surface area contributed by atoms with Gasteiger partial charge in [0.05, 0.1) is 19.8 Å². The molecule has 0 saturated carbocycles. The third kappa shape index (κ3) is 33.8. The fourth-order valence-corrected chi connectivity index (χ4v) is 5.80. The van der Waals surface area contributed by atoms with Crippen molar-refractivity contribution in [3.8, 4) is 0 Å². The van der Waals surface area contributed by atoms with Crippen LogP contribution in [0.3, 0.4) is 0 Å². The number of aliphatic carboxylic acids is 4. The minimum atomic E-state index is -1.46. The predicted octanol–water partition coefficient (Wildman–Crippen LogP) is 2.00. The van der Waals surface area contributed by atoms with Crippen molar-refractivity contribution in [3.05, 3.63) is 0 Å². The molecule has 338 valence electrons. The van der Waals surface area contributed by atoms with E-state index in [1.807, 2.05) is 0 Å². The average Bonchev–Trinajstić information content (AvgIpc) is 3.16. The van der Waals surface area contributed by atoms with E-state index in [9.17, 15) is 53.4 Å². The maximum atomic E-state index is 12.3. The Morgan fingerprint density at radius 3 is 1.24 bits per heavy atom. The summed E-state index contributed by atoms with van der Waals surface area (Å²) < 4.78 is 10.5. The van der Waals surface area contributed by atoms with E-state index in [2.05, 4.69) is 21.3 Å². The van der Waals surface area contributed by atoms with E-state index in [1.165, 1.54) is 32.1 Å². The number of ether oxygens (including phenoxy) is 2. The molecule has 20 heteroatoms. The largest absolute Gasteiger partial charge is 0.481 e. The molecule has 59 heavy (non-hydrogen) atoms. The highest BCUT2D eigenvalue weighted by atomic mass is 16.5. The van der Waals surface area contributed by atoms with E-state index >= 15 is 0 Å². The van der Waals surface area contributed by atoms with E-state index in [1.54, 1.807) is 0 Å². The van der Waals surface area contributed by atoms with Crippen molar-refractivity contribution in [1.29, 1.82) is 0 Å². The second-order valence-corrected chi connectivity index (χ2v) is 14.3. The van der Waals surface area contributed by atoms with Crippen LogP contribution in [0.2, 0.25) is 0 Å². The summed E-state index contributed by atoms with van der Waals surface area (Å²) in [7, 11) is 0. The molecule has 0 rings (SSSR count). The Hall–Kier alpha value is -4.85. The Kier molecular flexibility index (Phi) is 32.2. The summed E-state index contributed by atoms with van der Waals surface area (Å²) in [6, 6.07) is -4.05. The van der Waals surface area contributed by atoms with Crippen LogP contribution in [0, 0.1) is 0 Å². The van der Waals surface area contributed by atoms with Crippen molar-refractivity contribution in [3.63, 3.8) is 0 Å². The molecule has 0 saturated heterocycles. The van der Waals surface area contributed by atoms with Gasteiger partial charge in [0, 0.05) is 38.6 Å². The van der Waals surface area contributed by atoms with Crippen LogP contribution < -0.4 is 27.0 Å². The first-order chi connectivity index (χ1) is 28.1. The van der Waals surface area contributed by atoms with Crippen LogP contribution in [0.15, 0.2) is 0 Å². The number of primary amides is 1. The van der Waals surface area contributed by atoms with Gasteiger partial charge in [-0.05, 0) is 32.1 Å². The van der Waals surface area contributed by atoms with Gasteiger partial charge in [0.25, 0.3) is 0 Å². The van der Waals surface area contributed by atoms with Crippen molar-refractivity contribution in [2.75, 3.05) is 33.0 Å². The molecule has 5 amide bonds. The molecule has 3 atom stereocenters. The number of nitrogens with two attached hydrogens (primary N) is 1. The van der Waals surface area contributed by atoms with Crippen LogP contribution in [0.5, 0.6) is 0 Å². The number of nitrogens with one attached hydrogen (secondary N) is 4. The number of carboxylic acid groups (broad SMARTS) is 4. The maximum absolute atomic E-state index is 12.3. The van der Waals surface area contributed by atoms with Gasteiger partial charge in [0.2, 0.25) is 29.5 Å². The number of rotatable bonds is 40.